The van der Waals surface area contributed by atoms with E-state index in [2.05, 4.69) is 43.1 Å². The lowest BCUT2D eigenvalue weighted by Crippen LogP contribution is -2.43. The maximum absolute atomic E-state index is 12.2. The molecular formula is C32H44ClN5O2. The molecule has 8 heteroatoms. The van der Waals surface area contributed by atoms with E-state index in [-0.39, 0.29) is 24.0 Å². The Balaban J connectivity index is 2.14. The summed E-state index contributed by atoms with van der Waals surface area (Å²) in [6, 6.07) is 13.7. The number of halogens is 1. The van der Waals surface area contributed by atoms with Crippen LogP contribution in [0.2, 0.25) is 5.02 Å². The monoisotopic (exact) mass is 565 g/mol. The summed E-state index contributed by atoms with van der Waals surface area (Å²) >= 11 is 6.42. The van der Waals surface area contributed by atoms with Crippen LogP contribution in [0.1, 0.15) is 77.5 Å². The van der Waals surface area contributed by atoms with Crippen molar-refractivity contribution >= 4 is 40.2 Å². The lowest BCUT2D eigenvalue weighted by Gasteiger charge is -2.28. The summed E-state index contributed by atoms with van der Waals surface area (Å²) < 4.78 is 5.62. The van der Waals surface area contributed by atoms with Crippen molar-refractivity contribution in [3.8, 4) is 6.07 Å². The normalized spacial score (nSPS) is 12.8. The van der Waals surface area contributed by atoms with Gasteiger partial charge in [0.15, 0.2) is 0 Å². The number of hydrogen-bond acceptors (Lipinski definition) is 6. The van der Waals surface area contributed by atoms with Crippen LogP contribution in [-0.2, 0) is 9.53 Å². The van der Waals surface area contributed by atoms with Crippen LogP contribution >= 0.6 is 11.6 Å². The second-order valence-electron chi connectivity index (χ2n) is 11.4. The Kier molecular flexibility index (Phi) is 12.2. The molecule has 2 aromatic carbocycles. The maximum Gasteiger partial charge on any atom is 0.246 e. The highest BCUT2D eigenvalue weighted by Crippen LogP contribution is 2.34. The van der Waals surface area contributed by atoms with Crippen LogP contribution in [0.4, 0.5) is 11.4 Å². The largest absolute Gasteiger partial charge is 0.402 e. The van der Waals surface area contributed by atoms with E-state index in [0.717, 1.165) is 47.3 Å². The summed E-state index contributed by atoms with van der Waals surface area (Å²) in [7, 11) is 0. The summed E-state index contributed by atoms with van der Waals surface area (Å²) in [5, 5.41) is 21.0. The first-order chi connectivity index (χ1) is 18.8. The molecule has 1 atom stereocenters. The van der Waals surface area contributed by atoms with Crippen molar-refractivity contribution in [2.75, 3.05) is 24.7 Å². The van der Waals surface area contributed by atoms with Gasteiger partial charge in [-0.3, -0.25) is 4.79 Å². The molecule has 0 aromatic heterocycles. The summed E-state index contributed by atoms with van der Waals surface area (Å²) in [4.78, 5) is 14.3. The number of allylic oxidation sites excluding steroid dienone is 2. The molecule has 216 valence electrons. The molecule has 0 aliphatic carbocycles. The number of nitrogens with two attached hydrogens (primary N) is 1. The van der Waals surface area contributed by atoms with E-state index in [1.54, 1.807) is 13.0 Å². The summed E-state index contributed by atoms with van der Waals surface area (Å²) in [6.45, 7) is 15.2. The first-order valence-corrected chi connectivity index (χ1v) is 14.1. The van der Waals surface area contributed by atoms with Gasteiger partial charge < -0.3 is 26.1 Å². The van der Waals surface area contributed by atoms with Crippen molar-refractivity contribution in [3.05, 3.63) is 63.8 Å². The van der Waals surface area contributed by atoms with Gasteiger partial charge in [0.05, 0.1) is 10.6 Å². The number of anilines is 2. The Morgan fingerprint density at radius 3 is 2.45 bits per heavy atom. The molecule has 7 nitrogen and oxygen atoms in total. The topological polar surface area (TPSA) is 115 Å². The molecule has 0 aliphatic rings. The predicted octanol–water partition coefficient (Wildman–Crippen LogP) is 7.13. The maximum atomic E-state index is 12.2. The average Bonchev–Trinajstić information content (AvgIpc) is 2.86. The number of amides is 1. The zero-order chi connectivity index (χ0) is 30.0. The number of carbonyl (C=O) groups excluding carboxylic acids is 1. The van der Waals surface area contributed by atoms with Crippen LogP contribution in [0, 0.1) is 29.1 Å². The van der Waals surface area contributed by atoms with Crippen LogP contribution in [0.5, 0.6) is 0 Å². The van der Waals surface area contributed by atoms with Crippen LogP contribution in [0.25, 0.3) is 5.57 Å². The van der Waals surface area contributed by atoms with E-state index in [0.29, 0.717) is 35.1 Å². The van der Waals surface area contributed by atoms with Gasteiger partial charge >= 0.3 is 0 Å². The number of nitrogens with one attached hydrogen (secondary N) is 2. The summed E-state index contributed by atoms with van der Waals surface area (Å²) in [6.07, 6.45) is 2.61. The van der Waals surface area contributed by atoms with E-state index in [1.165, 1.54) is 0 Å². The van der Waals surface area contributed by atoms with Gasteiger partial charge in [0.1, 0.15) is 12.7 Å². The van der Waals surface area contributed by atoms with Crippen molar-refractivity contribution in [1.82, 2.24) is 5.32 Å². The minimum atomic E-state index is -0.0945. The lowest BCUT2D eigenvalue weighted by molar-refractivity contribution is -0.127. The highest BCUT2D eigenvalue weighted by atomic mass is 35.5. The zero-order valence-electron chi connectivity index (χ0n) is 25.0. The molecular weight excluding hydrogens is 522 g/mol. The summed E-state index contributed by atoms with van der Waals surface area (Å²) in [5.74, 6) is -0.0945. The van der Waals surface area contributed by atoms with E-state index >= 15 is 0 Å². The average molecular weight is 566 g/mol. The summed E-state index contributed by atoms with van der Waals surface area (Å²) in [5.41, 5.74) is 12.1. The van der Waals surface area contributed by atoms with Crippen molar-refractivity contribution in [1.29, 1.82) is 10.7 Å². The van der Waals surface area contributed by atoms with Crippen molar-refractivity contribution in [2.24, 2.45) is 11.1 Å². The molecule has 0 unspecified atom stereocenters. The van der Waals surface area contributed by atoms with Gasteiger partial charge in [0.25, 0.3) is 0 Å². The minimum Gasteiger partial charge on any atom is -0.402 e. The third-order valence-electron chi connectivity index (χ3n) is 7.02. The fraction of sp³-hybridized carbons (Fsp3) is 0.469. The highest BCUT2D eigenvalue weighted by Gasteiger charge is 2.21. The van der Waals surface area contributed by atoms with E-state index in [9.17, 15) is 10.1 Å². The zero-order valence-corrected chi connectivity index (χ0v) is 25.7. The second kappa shape index (κ2) is 14.9. The number of benzene rings is 2. The van der Waals surface area contributed by atoms with E-state index in [4.69, 9.17) is 27.5 Å². The van der Waals surface area contributed by atoms with Gasteiger partial charge in [-0.1, -0.05) is 44.5 Å². The number of aryl methyl sites for hydroxylation is 1. The number of rotatable bonds is 13. The predicted molar refractivity (Wildman–Crippen MR) is 166 cm³/mol. The number of ether oxygens (including phenoxy) is 1. The number of nitrogens with zero attached hydrogens (tertiary/aromatic N) is 2. The standard InChI is InChI=1S/C32H44ClN5O2/c1-21-11-12-25(31(22(2)35)23(3)36)17-29(21)38(27-14-13-26(19-34)28(33)18-27)15-9-8-10-16-40-20-30(39)37-24(4)32(5,6)7/h11-14,17-18,24,35H,8-10,15-16,20,36H2,1-7H3,(H,37,39)/b31-23+,35-22?/t24-/m1/s1. The van der Waals surface area contributed by atoms with Crippen molar-refractivity contribution in [3.63, 3.8) is 0 Å². The van der Waals surface area contributed by atoms with Gasteiger partial charge in [-0.2, -0.15) is 5.26 Å². The Labute approximate surface area is 244 Å². The molecule has 2 aromatic rings. The molecule has 0 radical (unpaired) electrons. The SMILES string of the molecule is CC(=N)/C(=C(/C)N)c1ccc(C)c(N(CCCCCOCC(=O)N[C@H](C)C(C)(C)C)c2ccc(C#N)c(Cl)c2)c1. The van der Waals surface area contributed by atoms with Crippen molar-refractivity contribution < 1.29 is 9.53 Å². The van der Waals surface area contributed by atoms with Gasteiger partial charge in [0.2, 0.25) is 5.91 Å². The third kappa shape index (κ3) is 9.39. The number of carbonyl (C=O) groups is 1. The van der Waals surface area contributed by atoms with Crippen molar-refractivity contribution in [2.45, 2.75) is 73.8 Å². The van der Waals surface area contributed by atoms with Crippen LogP contribution in [-0.4, -0.2) is 37.4 Å². The Morgan fingerprint density at radius 2 is 1.88 bits per heavy atom. The third-order valence-corrected chi connectivity index (χ3v) is 7.34. The first kappa shape index (κ1) is 32.9. The molecule has 0 saturated carbocycles. The first-order valence-electron chi connectivity index (χ1n) is 13.7. The molecule has 0 bridgehead atoms. The van der Waals surface area contributed by atoms with E-state index in [1.807, 2.05) is 45.0 Å². The smallest absolute Gasteiger partial charge is 0.246 e. The molecule has 4 N–H and O–H groups in total. The molecule has 0 aliphatic heterocycles. The Bertz CT molecular complexity index is 1270. The quantitative estimate of drug-likeness (QED) is 0.176. The minimum absolute atomic E-state index is 0.00213. The Morgan fingerprint density at radius 1 is 1.18 bits per heavy atom. The highest BCUT2D eigenvalue weighted by molar-refractivity contribution is 6.32. The fourth-order valence-electron chi connectivity index (χ4n) is 4.26. The molecule has 0 heterocycles. The number of unbranched alkanes of at least 4 members (excludes halogenated alkanes) is 2. The van der Waals surface area contributed by atoms with Gasteiger partial charge in [0, 0.05) is 47.6 Å². The Hall–Kier alpha value is -3.34. The lowest BCUT2D eigenvalue weighted by atomic mass is 9.88. The molecule has 0 saturated heterocycles. The van der Waals surface area contributed by atoms with Gasteiger partial charge in [-0.25, -0.2) is 0 Å². The van der Waals surface area contributed by atoms with Gasteiger partial charge in [-0.05, 0) is 87.8 Å². The van der Waals surface area contributed by atoms with Crippen LogP contribution < -0.4 is 16.0 Å². The number of hydrogen-bond donors (Lipinski definition) is 3. The molecule has 40 heavy (non-hydrogen) atoms. The second-order valence-corrected chi connectivity index (χ2v) is 11.8. The van der Waals surface area contributed by atoms with Gasteiger partial charge in [-0.15, -0.1) is 0 Å². The molecule has 1 amide bonds. The van der Waals surface area contributed by atoms with Crippen LogP contribution in [0.15, 0.2) is 42.1 Å². The molecule has 2 rings (SSSR count). The van der Waals surface area contributed by atoms with Crippen LogP contribution in [0.3, 0.4) is 0 Å². The number of nitriles is 1. The molecule has 0 spiro atoms. The molecule has 0 fully saturated rings. The van der Waals surface area contributed by atoms with E-state index < -0.39 is 0 Å². The fourth-order valence-corrected chi connectivity index (χ4v) is 4.48.